The summed E-state index contributed by atoms with van der Waals surface area (Å²) in [6.07, 6.45) is 4.32. The summed E-state index contributed by atoms with van der Waals surface area (Å²) in [6, 6.07) is 1.99. The molecule has 0 bridgehead atoms. The molecule has 0 spiro atoms. The third-order valence-electron chi connectivity index (χ3n) is 6.51. The van der Waals surface area contributed by atoms with E-state index in [-0.39, 0.29) is 5.91 Å². The second-order valence-corrected chi connectivity index (χ2v) is 8.53. The Hall–Kier alpha value is -2.22. The van der Waals surface area contributed by atoms with Gasteiger partial charge in [-0.15, -0.1) is 11.3 Å². The predicted molar refractivity (Wildman–Crippen MR) is 97.2 cm³/mol. The van der Waals surface area contributed by atoms with Crippen molar-refractivity contribution >= 4 is 39.2 Å². The first-order valence-corrected chi connectivity index (χ1v) is 9.91. The molecule has 1 N–H and O–H groups in total. The van der Waals surface area contributed by atoms with Crippen LogP contribution in [0.2, 0.25) is 0 Å². The van der Waals surface area contributed by atoms with Gasteiger partial charge in [0.15, 0.2) is 0 Å². The van der Waals surface area contributed by atoms with Crippen molar-refractivity contribution in [3.8, 4) is 0 Å². The Morgan fingerprint density at radius 3 is 2.62 bits per heavy atom. The van der Waals surface area contributed by atoms with Crippen LogP contribution in [0.1, 0.15) is 25.7 Å². The molecule has 3 heterocycles. The van der Waals surface area contributed by atoms with Gasteiger partial charge in [0.1, 0.15) is 12.1 Å². The van der Waals surface area contributed by atoms with E-state index in [1.54, 1.807) is 17.7 Å². The Kier molecular flexibility index (Phi) is 3.31. The maximum atomic E-state index is 13.1. The number of aliphatic carboxylic acids is 1. The van der Waals surface area contributed by atoms with E-state index in [2.05, 4.69) is 14.9 Å². The molecule has 5 rings (SSSR count). The molecule has 7 nitrogen and oxygen atoms in total. The lowest BCUT2D eigenvalue weighted by Gasteiger charge is -2.37. The molecule has 0 aromatic carbocycles. The van der Waals surface area contributed by atoms with Crippen molar-refractivity contribution in [1.82, 2.24) is 14.9 Å². The number of thiophene rings is 1. The minimum absolute atomic E-state index is 0.0565. The van der Waals surface area contributed by atoms with Gasteiger partial charge in [0.2, 0.25) is 5.91 Å². The third-order valence-corrected chi connectivity index (χ3v) is 7.41. The molecular formula is C18H20N4O3S. The van der Waals surface area contributed by atoms with Crippen LogP contribution in [0.5, 0.6) is 0 Å². The van der Waals surface area contributed by atoms with Gasteiger partial charge in [-0.1, -0.05) is 6.42 Å². The van der Waals surface area contributed by atoms with Crippen molar-refractivity contribution < 1.29 is 14.7 Å². The van der Waals surface area contributed by atoms with E-state index in [0.717, 1.165) is 28.9 Å². The largest absolute Gasteiger partial charge is 0.481 e. The van der Waals surface area contributed by atoms with Crippen LogP contribution in [0.4, 0.5) is 5.82 Å². The van der Waals surface area contributed by atoms with E-state index in [0.29, 0.717) is 39.0 Å². The standard InChI is InChI=1S/C18H20N4O3S/c23-15(17-3-1-4-18(17,10-17)16(24)25)22-7-5-21(6-8-22)14-13-12(2-9-26-13)19-11-20-14/h2,9,11H,1,3-8,10H2,(H,24,25). The van der Waals surface area contributed by atoms with Gasteiger partial charge < -0.3 is 14.9 Å². The Bertz CT molecular complexity index is 907. The van der Waals surface area contributed by atoms with E-state index >= 15 is 0 Å². The highest BCUT2D eigenvalue weighted by Gasteiger charge is 2.78. The lowest BCUT2D eigenvalue weighted by atomic mass is 9.94. The van der Waals surface area contributed by atoms with Gasteiger partial charge in [-0.3, -0.25) is 9.59 Å². The summed E-state index contributed by atoms with van der Waals surface area (Å²) in [5.41, 5.74) is -0.457. The molecule has 2 aromatic rings. The van der Waals surface area contributed by atoms with Crippen molar-refractivity contribution in [2.24, 2.45) is 10.8 Å². The highest BCUT2D eigenvalue weighted by atomic mass is 32.1. The van der Waals surface area contributed by atoms with Crippen molar-refractivity contribution in [3.05, 3.63) is 17.8 Å². The number of fused-ring (bicyclic) bond motifs is 2. The fourth-order valence-electron chi connectivity index (χ4n) is 5.02. The Morgan fingerprint density at radius 1 is 1.12 bits per heavy atom. The van der Waals surface area contributed by atoms with E-state index < -0.39 is 16.8 Å². The zero-order chi connectivity index (χ0) is 17.9. The van der Waals surface area contributed by atoms with Crippen LogP contribution >= 0.6 is 11.3 Å². The highest BCUT2D eigenvalue weighted by Crippen LogP contribution is 2.74. The molecule has 26 heavy (non-hydrogen) atoms. The van der Waals surface area contributed by atoms with E-state index in [9.17, 15) is 14.7 Å². The summed E-state index contributed by atoms with van der Waals surface area (Å²) in [4.78, 5) is 37.6. The van der Waals surface area contributed by atoms with Gasteiger partial charge in [0, 0.05) is 26.2 Å². The summed E-state index contributed by atoms with van der Waals surface area (Å²) in [7, 11) is 0. The van der Waals surface area contributed by atoms with E-state index in [4.69, 9.17) is 0 Å². The van der Waals surface area contributed by atoms with Crippen LogP contribution < -0.4 is 4.90 Å². The number of hydrogen-bond acceptors (Lipinski definition) is 6. The number of carbonyl (C=O) groups is 2. The number of anilines is 1. The van der Waals surface area contributed by atoms with Gasteiger partial charge in [0.25, 0.3) is 0 Å². The van der Waals surface area contributed by atoms with Gasteiger partial charge in [-0.05, 0) is 30.7 Å². The first-order chi connectivity index (χ1) is 12.6. The fraction of sp³-hybridized carbons (Fsp3) is 0.556. The van der Waals surface area contributed by atoms with E-state index in [1.165, 1.54) is 0 Å². The number of piperazine rings is 1. The topological polar surface area (TPSA) is 86.6 Å². The number of carboxylic acids is 1. The van der Waals surface area contributed by atoms with Gasteiger partial charge >= 0.3 is 5.97 Å². The van der Waals surface area contributed by atoms with Crippen molar-refractivity contribution in [2.75, 3.05) is 31.1 Å². The number of carbonyl (C=O) groups excluding carboxylic acids is 1. The molecule has 2 saturated carbocycles. The monoisotopic (exact) mass is 372 g/mol. The maximum absolute atomic E-state index is 13.1. The second kappa shape index (κ2) is 5.39. The van der Waals surface area contributed by atoms with Crippen LogP contribution in [-0.4, -0.2) is 58.0 Å². The SMILES string of the molecule is O=C(O)C12CCCC1(C(=O)N1CCN(c3ncnc4ccsc34)CC1)C2. The molecule has 0 radical (unpaired) electrons. The molecule has 2 aromatic heterocycles. The average molecular weight is 372 g/mol. The van der Waals surface area contributed by atoms with Crippen molar-refractivity contribution in [2.45, 2.75) is 25.7 Å². The summed E-state index contributed by atoms with van der Waals surface area (Å²) in [6.45, 7) is 2.66. The minimum Gasteiger partial charge on any atom is -0.481 e. The first-order valence-electron chi connectivity index (χ1n) is 9.03. The van der Waals surface area contributed by atoms with Crippen LogP contribution in [0.15, 0.2) is 17.8 Å². The van der Waals surface area contributed by atoms with Crippen LogP contribution in [0.25, 0.3) is 10.2 Å². The highest BCUT2D eigenvalue weighted by molar-refractivity contribution is 7.17. The first kappa shape index (κ1) is 16.0. The third kappa shape index (κ3) is 1.99. The number of nitrogens with zero attached hydrogens (tertiary/aromatic N) is 4. The maximum Gasteiger partial charge on any atom is 0.310 e. The zero-order valence-electron chi connectivity index (χ0n) is 14.3. The fourth-order valence-corrected chi connectivity index (χ4v) is 5.88. The summed E-state index contributed by atoms with van der Waals surface area (Å²) in [5.74, 6) is 0.200. The molecule has 1 saturated heterocycles. The van der Waals surface area contributed by atoms with Crippen LogP contribution in [-0.2, 0) is 9.59 Å². The molecule has 1 amide bonds. The van der Waals surface area contributed by atoms with Gasteiger partial charge in [-0.25, -0.2) is 9.97 Å². The number of amides is 1. The van der Waals surface area contributed by atoms with Gasteiger partial charge in [0.05, 0.1) is 21.0 Å². The minimum atomic E-state index is -0.789. The molecule has 2 unspecified atom stereocenters. The smallest absolute Gasteiger partial charge is 0.310 e. The molecule has 1 aliphatic heterocycles. The molecule has 136 valence electrons. The Balaban J connectivity index is 1.32. The van der Waals surface area contributed by atoms with Crippen LogP contribution in [0.3, 0.4) is 0 Å². The normalized spacial score (nSPS) is 30.5. The lowest BCUT2D eigenvalue weighted by molar-refractivity contribution is -0.149. The summed E-state index contributed by atoms with van der Waals surface area (Å²) >= 11 is 1.63. The number of hydrogen-bond donors (Lipinski definition) is 1. The molecule has 8 heteroatoms. The van der Waals surface area contributed by atoms with Crippen molar-refractivity contribution in [1.29, 1.82) is 0 Å². The van der Waals surface area contributed by atoms with Crippen molar-refractivity contribution in [3.63, 3.8) is 0 Å². The Labute approximate surface area is 154 Å². The zero-order valence-corrected chi connectivity index (χ0v) is 15.2. The second-order valence-electron chi connectivity index (χ2n) is 7.61. The molecule has 3 aliphatic rings. The number of carboxylic acid groups (broad SMARTS) is 1. The Morgan fingerprint density at radius 2 is 1.88 bits per heavy atom. The number of aromatic nitrogens is 2. The summed E-state index contributed by atoms with van der Waals surface area (Å²) in [5, 5.41) is 11.6. The lowest BCUT2D eigenvalue weighted by Crippen LogP contribution is -2.51. The van der Waals surface area contributed by atoms with E-state index in [1.807, 2.05) is 16.3 Å². The predicted octanol–water partition coefficient (Wildman–Crippen LogP) is 1.98. The summed E-state index contributed by atoms with van der Waals surface area (Å²) < 4.78 is 1.08. The van der Waals surface area contributed by atoms with Crippen LogP contribution in [0, 0.1) is 10.8 Å². The molecular weight excluding hydrogens is 352 g/mol. The molecule has 2 atom stereocenters. The average Bonchev–Trinajstić information content (AvgIpc) is 2.99. The quantitative estimate of drug-likeness (QED) is 0.887. The molecule has 3 fully saturated rings. The number of rotatable bonds is 3. The molecule has 2 aliphatic carbocycles. The van der Waals surface area contributed by atoms with Gasteiger partial charge in [-0.2, -0.15) is 0 Å².